The Morgan fingerprint density at radius 1 is 1.50 bits per heavy atom. The second-order valence-corrected chi connectivity index (χ2v) is 8.30. The summed E-state index contributed by atoms with van der Waals surface area (Å²) >= 11 is 7.22. The van der Waals surface area contributed by atoms with Crippen molar-refractivity contribution in [1.29, 1.82) is 0 Å². The molecule has 3 rings (SSSR count). The zero-order valence-corrected chi connectivity index (χ0v) is 18.9. The van der Waals surface area contributed by atoms with Crippen LogP contribution in [0.4, 0.5) is 4.39 Å². The molecule has 0 unspecified atom stereocenters. The number of amides is 1. The number of rotatable bonds is 7. The van der Waals surface area contributed by atoms with Crippen molar-refractivity contribution in [2.24, 2.45) is 0 Å². The maximum Gasteiger partial charge on any atom is 0.246 e. The van der Waals surface area contributed by atoms with Crippen molar-refractivity contribution in [2.75, 3.05) is 20.7 Å². The molecule has 0 fully saturated rings. The molecule has 1 aliphatic rings. The molecule has 1 aliphatic heterocycles. The minimum absolute atomic E-state index is 0.0797. The Kier molecular flexibility index (Phi) is 6.99. The number of hydrogen-bond acceptors (Lipinski definition) is 6. The molecule has 0 spiro atoms. The molecule has 0 atom stereocenters. The molecule has 0 saturated carbocycles. The smallest absolute Gasteiger partial charge is 0.246 e. The summed E-state index contributed by atoms with van der Waals surface area (Å²) in [6, 6.07) is 4.43. The van der Waals surface area contributed by atoms with Gasteiger partial charge in [0.1, 0.15) is 16.6 Å². The van der Waals surface area contributed by atoms with E-state index in [4.69, 9.17) is 21.9 Å². The zero-order valence-electron chi connectivity index (χ0n) is 17.3. The van der Waals surface area contributed by atoms with Crippen molar-refractivity contribution in [3.63, 3.8) is 0 Å². The van der Waals surface area contributed by atoms with Crippen LogP contribution < -0.4 is 10.1 Å². The molecule has 1 amide bonds. The number of ether oxygens (including phenoxy) is 1. The van der Waals surface area contributed by atoms with Gasteiger partial charge in [0.25, 0.3) is 0 Å². The number of aromatic nitrogens is 1. The number of nitrogens with one attached hydrogen (secondary N) is 1. The minimum atomic E-state index is -0.375. The van der Waals surface area contributed by atoms with Gasteiger partial charge in [-0.25, -0.2) is 9.37 Å². The van der Waals surface area contributed by atoms with Crippen LogP contribution in [0.5, 0.6) is 5.75 Å². The standard InChI is InChI=1S/C22H24FN3O2S2/c1-5-17(29)20(14-8-7-13(23)11-16(14)28-4)21(24-3)22-25-15-9-10-26(19(27)6-2)12-18(15)30-22/h6-8,11,24H,2,5,9-10,12H2,1,3-4H3. The highest BCUT2D eigenvalue weighted by molar-refractivity contribution is 7.81. The lowest BCUT2D eigenvalue weighted by molar-refractivity contribution is -0.126. The van der Waals surface area contributed by atoms with Crippen LogP contribution in [0.3, 0.4) is 0 Å². The molecule has 0 bridgehead atoms. The van der Waals surface area contributed by atoms with Crippen molar-refractivity contribution in [3.8, 4) is 5.75 Å². The zero-order chi connectivity index (χ0) is 21.8. The van der Waals surface area contributed by atoms with Crippen LogP contribution in [-0.2, 0) is 17.8 Å². The first-order chi connectivity index (χ1) is 14.4. The van der Waals surface area contributed by atoms with Gasteiger partial charge in [0.2, 0.25) is 5.91 Å². The lowest BCUT2D eigenvalue weighted by Crippen LogP contribution is -2.34. The summed E-state index contributed by atoms with van der Waals surface area (Å²) in [6.45, 7) is 6.69. The van der Waals surface area contributed by atoms with Crippen molar-refractivity contribution in [1.82, 2.24) is 15.2 Å². The highest BCUT2D eigenvalue weighted by Crippen LogP contribution is 2.36. The number of hydrogen-bond donors (Lipinski definition) is 1. The van der Waals surface area contributed by atoms with Gasteiger partial charge in [0.05, 0.1) is 25.0 Å². The molecule has 5 nitrogen and oxygen atoms in total. The number of fused-ring (bicyclic) bond motifs is 1. The van der Waals surface area contributed by atoms with Gasteiger partial charge in [-0.1, -0.05) is 25.7 Å². The Labute approximate surface area is 185 Å². The number of benzene rings is 1. The Balaban J connectivity index is 2.13. The van der Waals surface area contributed by atoms with Crippen LogP contribution in [0.25, 0.3) is 11.3 Å². The molecule has 0 saturated heterocycles. The maximum atomic E-state index is 13.8. The highest BCUT2D eigenvalue weighted by atomic mass is 32.1. The van der Waals surface area contributed by atoms with Crippen molar-refractivity contribution >= 4 is 45.6 Å². The summed E-state index contributed by atoms with van der Waals surface area (Å²) in [7, 11) is 3.33. The third kappa shape index (κ3) is 4.29. The summed E-state index contributed by atoms with van der Waals surface area (Å²) < 4.78 is 19.2. The summed E-state index contributed by atoms with van der Waals surface area (Å²) in [5.74, 6) is -0.0402. The number of carbonyl (C=O) groups excluding carboxylic acids is 1. The average Bonchev–Trinajstić information content (AvgIpc) is 3.19. The van der Waals surface area contributed by atoms with Crippen LogP contribution in [0.1, 0.15) is 34.5 Å². The Hall–Kier alpha value is -2.58. The number of methoxy groups -OCH3 is 1. The third-order valence-corrected chi connectivity index (χ3v) is 6.56. The first kappa shape index (κ1) is 22.1. The highest BCUT2D eigenvalue weighted by Gasteiger charge is 2.26. The molecule has 30 heavy (non-hydrogen) atoms. The van der Waals surface area contributed by atoms with E-state index >= 15 is 0 Å². The van der Waals surface area contributed by atoms with Gasteiger partial charge in [0.15, 0.2) is 0 Å². The van der Waals surface area contributed by atoms with E-state index in [1.165, 1.54) is 36.7 Å². The fourth-order valence-electron chi connectivity index (χ4n) is 3.43. The summed E-state index contributed by atoms with van der Waals surface area (Å²) in [5.41, 5.74) is 3.25. The number of nitrogens with zero attached hydrogens (tertiary/aromatic N) is 2. The first-order valence-electron chi connectivity index (χ1n) is 9.62. The summed E-state index contributed by atoms with van der Waals surface area (Å²) in [5, 5.41) is 4.03. The van der Waals surface area contributed by atoms with Gasteiger partial charge in [-0.05, 0) is 24.6 Å². The largest absolute Gasteiger partial charge is 0.496 e. The lowest BCUT2D eigenvalue weighted by Gasteiger charge is -2.24. The molecular weight excluding hydrogens is 421 g/mol. The van der Waals surface area contributed by atoms with E-state index in [1.807, 2.05) is 14.0 Å². The third-order valence-electron chi connectivity index (χ3n) is 4.96. The van der Waals surface area contributed by atoms with Gasteiger partial charge >= 0.3 is 0 Å². The molecule has 0 aliphatic carbocycles. The Bertz CT molecular complexity index is 1030. The molecule has 2 aromatic rings. The fourth-order valence-corrected chi connectivity index (χ4v) is 4.82. The van der Waals surface area contributed by atoms with Gasteiger partial charge < -0.3 is 15.0 Å². The maximum absolute atomic E-state index is 13.8. The second-order valence-electron chi connectivity index (χ2n) is 6.72. The van der Waals surface area contributed by atoms with E-state index in [0.717, 1.165) is 31.7 Å². The van der Waals surface area contributed by atoms with Gasteiger partial charge in [-0.15, -0.1) is 11.3 Å². The molecular formula is C22H24FN3O2S2. The van der Waals surface area contributed by atoms with E-state index in [9.17, 15) is 9.18 Å². The lowest BCUT2D eigenvalue weighted by atomic mass is 9.97. The number of allylic oxidation sites excluding steroid dienone is 1. The Morgan fingerprint density at radius 3 is 2.90 bits per heavy atom. The predicted octanol–water partition coefficient (Wildman–Crippen LogP) is 4.23. The van der Waals surface area contributed by atoms with Crippen molar-refractivity contribution < 1.29 is 13.9 Å². The molecule has 158 valence electrons. The first-order valence-corrected chi connectivity index (χ1v) is 10.8. The second kappa shape index (κ2) is 9.49. The van der Waals surface area contributed by atoms with E-state index in [2.05, 4.69) is 11.9 Å². The van der Waals surface area contributed by atoms with E-state index in [0.29, 0.717) is 37.2 Å². The predicted molar refractivity (Wildman–Crippen MR) is 123 cm³/mol. The number of halogens is 1. The SMILES string of the molecule is C=CC(=O)N1CCc2nc(C(NC)=C(C(=S)CC)c3ccc(F)cc3OC)sc2C1. The molecule has 0 radical (unpaired) electrons. The van der Waals surface area contributed by atoms with Crippen LogP contribution in [-0.4, -0.2) is 41.4 Å². The quantitative estimate of drug-likeness (QED) is 0.511. The van der Waals surface area contributed by atoms with Crippen LogP contribution in [0, 0.1) is 5.82 Å². The number of carbonyl (C=O) groups is 1. The van der Waals surface area contributed by atoms with Gasteiger partial charge in [0, 0.05) is 47.0 Å². The number of thiazole rings is 1. The molecule has 2 heterocycles. The van der Waals surface area contributed by atoms with Crippen molar-refractivity contribution in [2.45, 2.75) is 26.3 Å². The molecule has 8 heteroatoms. The fraction of sp³-hybridized carbons (Fsp3) is 0.318. The van der Waals surface area contributed by atoms with Crippen LogP contribution in [0.2, 0.25) is 0 Å². The van der Waals surface area contributed by atoms with Crippen LogP contribution in [0.15, 0.2) is 30.9 Å². The minimum Gasteiger partial charge on any atom is -0.496 e. The molecule has 1 aromatic carbocycles. The van der Waals surface area contributed by atoms with Crippen molar-refractivity contribution in [3.05, 3.63) is 57.8 Å². The molecule has 1 aromatic heterocycles. The monoisotopic (exact) mass is 445 g/mol. The Morgan fingerprint density at radius 2 is 2.27 bits per heavy atom. The van der Waals surface area contributed by atoms with Crippen LogP contribution >= 0.6 is 23.6 Å². The summed E-state index contributed by atoms with van der Waals surface area (Å²) in [6.07, 6.45) is 2.67. The van der Waals surface area contributed by atoms with Gasteiger partial charge in [-0.3, -0.25) is 4.79 Å². The van der Waals surface area contributed by atoms with E-state index in [1.54, 1.807) is 11.0 Å². The molecule has 1 N–H and O–H groups in total. The summed E-state index contributed by atoms with van der Waals surface area (Å²) in [4.78, 5) is 20.4. The topological polar surface area (TPSA) is 54.5 Å². The van der Waals surface area contributed by atoms with E-state index in [-0.39, 0.29) is 11.7 Å². The van der Waals surface area contributed by atoms with Gasteiger partial charge in [-0.2, -0.15) is 0 Å². The normalized spacial score (nSPS) is 13.9. The average molecular weight is 446 g/mol. The number of thiocarbonyl (C=S) groups is 1. The van der Waals surface area contributed by atoms with E-state index < -0.39 is 0 Å².